The number of nitrogens with one attached hydrogen (secondary N) is 2. The van der Waals surface area contributed by atoms with Gasteiger partial charge < -0.3 is 15.4 Å². The highest BCUT2D eigenvalue weighted by Crippen LogP contribution is 2.24. The Morgan fingerprint density at radius 3 is 2.44 bits per heavy atom. The summed E-state index contributed by atoms with van der Waals surface area (Å²) < 4.78 is 40.4. The van der Waals surface area contributed by atoms with Crippen LogP contribution in [0.15, 0.2) is 42.6 Å². The fourth-order valence-corrected chi connectivity index (χ4v) is 2.19. The molecule has 1 atom stereocenters. The molecule has 1 aromatic heterocycles. The molecule has 6 nitrogen and oxygen atoms in total. The summed E-state index contributed by atoms with van der Waals surface area (Å²) in [7, 11) is 0. The zero-order valence-electron chi connectivity index (χ0n) is 14.6. The number of benzene rings is 1. The van der Waals surface area contributed by atoms with Gasteiger partial charge in [-0.2, -0.15) is 0 Å². The predicted molar refractivity (Wildman–Crippen MR) is 92.2 cm³/mol. The second-order valence-corrected chi connectivity index (χ2v) is 5.64. The van der Waals surface area contributed by atoms with Crippen LogP contribution in [0, 0.1) is 0 Å². The van der Waals surface area contributed by atoms with Gasteiger partial charge in [0.05, 0.1) is 6.04 Å². The molecule has 0 fully saturated rings. The van der Waals surface area contributed by atoms with Gasteiger partial charge in [0, 0.05) is 18.2 Å². The van der Waals surface area contributed by atoms with Crippen LogP contribution in [0.4, 0.5) is 19.0 Å². The maximum Gasteiger partial charge on any atom is 0.573 e. The number of aromatic nitrogens is 1. The van der Waals surface area contributed by atoms with Gasteiger partial charge in [-0.3, -0.25) is 9.59 Å². The molecular weight excluding hydrogens is 363 g/mol. The van der Waals surface area contributed by atoms with Crippen LogP contribution in [-0.2, 0) is 4.79 Å². The minimum absolute atomic E-state index is 0.227. The third kappa shape index (κ3) is 6.28. The number of amides is 2. The average Bonchev–Trinajstić information content (AvgIpc) is 2.61. The van der Waals surface area contributed by atoms with E-state index in [1.165, 1.54) is 42.6 Å². The van der Waals surface area contributed by atoms with E-state index in [2.05, 4.69) is 20.4 Å². The molecule has 0 aliphatic carbocycles. The number of carbonyl (C=O) groups excluding carboxylic acids is 2. The standard InChI is InChI=1S/C18H18F3N3O3/c1-3-16(25)24-15-10-13(8-9-22-15)17(26)23-11(2)12-4-6-14(7-5-12)27-18(19,20)21/h4-11H,3H2,1-2H3,(H,23,26)(H,22,24,25). The molecule has 1 heterocycles. The summed E-state index contributed by atoms with van der Waals surface area (Å²) in [5, 5.41) is 5.29. The molecule has 0 bridgehead atoms. The van der Waals surface area contributed by atoms with Gasteiger partial charge in [0.2, 0.25) is 5.91 Å². The summed E-state index contributed by atoms with van der Waals surface area (Å²) >= 11 is 0. The van der Waals surface area contributed by atoms with Crippen molar-refractivity contribution in [2.24, 2.45) is 0 Å². The van der Waals surface area contributed by atoms with Crippen molar-refractivity contribution in [2.75, 3.05) is 5.32 Å². The summed E-state index contributed by atoms with van der Waals surface area (Å²) in [6, 6.07) is 7.70. The zero-order valence-corrected chi connectivity index (χ0v) is 14.6. The lowest BCUT2D eigenvalue weighted by Crippen LogP contribution is -2.27. The maximum absolute atomic E-state index is 12.4. The van der Waals surface area contributed by atoms with Gasteiger partial charge in [-0.15, -0.1) is 13.2 Å². The SMILES string of the molecule is CCC(=O)Nc1cc(C(=O)NC(C)c2ccc(OC(F)(F)F)cc2)ccn1. The number of hydrogen-bond donors (Lipinski definition) is 2. The van der Waals surface area contributed by atoms with Crippen LogP contribution < -0.4 is 15.4 Å². The number of hydrogen-bond acceptors (Lipinski definition) is 4. The molecule has 0 spiro atoms. The summed E-state index contributed by atoms with van der Waals surface area (Å²) in [6.45, 7) is 3.39. The molecule has 27 heavy (non-hydrogen) atoms. The van der Waals surface area contributed by atoms with Crippen LogP contribution in [0.25, 0.3) is 0 Å². The Labute approximate surface area is 153 Å². The number of carbonyl (C=O) groups is 2. The number of nitrogens with zero attached hydrogens (tertiary/aromatic N) is 1. The van der Waals surface area contributed by atoms with Gasteiger partial charge in [-0.25, -0.2) is 4.98 Å². The minimum Gasteiger partial charge on any atom is -0.406 e. The first-order valence-corrected chi connectivity index (χ1v) is 8.10. The van der Waals surface area contributed by atoms with Crippen molar-refractivity contribution < 1.29 is 27.5 Å². The Balaban J connectivity index is 2.03. The van der Waals surface area contributed by atoms with E-state index in [1.807, 2.05) is 0 Å². The quantitative estimate of drug-likeness (QED) is 0.797. The predicted octanol–water partition coefficient (Wildman–Crippen LogP) is 3.82. The molecule has 1 aromatic carbocycles. The van der Waals surface area contributed by atoms with E-state index < -0.39 is 18.3 Å². The van der Waals surface area contributed by atoms with Crippen molar-refractivity contribution >= 4 is 17.6 Å². The lowest BCUT2D eigenvalue weighted by Gasteiger charge is -2.16. The van der Waals surface area contributed by atoms with E-state index in [9.17, 15) is 22.8 Å². The monoisotopic (exact) mass is 381 g/mol. The van der Waals surface area contributed by atoms with Crippen molar-refractivity contribution in [1.82, 2.24) is 10.3 Å². The fourth-order valence-electron chi connectivity index (χ4n) is 2.19. The van der Waals surface area contributed by atoms with Crippen LogP contribution >= 0.6 is 0 Å². The molecule has 0 saturated carbocycles. The number of alkyl halides is 3. The van der Waals surface area contributed by atoms with Crippen molar-refractivity contribution in [2.45, 2.75) is 32.7 Å². The molecule has 144 valence electrons. The largest absolute Gasteiger partial charge is 0.573 e. The van der Waals surface area contributed by atoms with Crippen molar-refractivity contribution in [3.8, 4) is 5.75 Å². The fraction of sp³-hybridized carbons (Fsp3) is 0.278. The molecule has 0 saturated heterocycles. The van der Waals surface area contributed by atoms with Crippen LogP contribution in [0.5, 0.6) is 5.75 Å². The molecule has 9 heteroatoms. The van der Waals surface area contributed by atoms with E-state index in [4.69, 9.17) is 0 Å². The number of pyridine rings is 1. The lowest BCUT2D eigenvalue weighted by molar-refractivity contribution is -0.274. The smallest absolute Gasteiger partial charge is 0.406 e. The van der Waals surface area contributed by atoms with Crippen LogP contribution in [0.1, 0.15) is 42.2 Å². The summed E-state index contributed by atoms with van der Waals surface area (Å²) in [6.07, 6.45) is -3.08. The maximum atomic E-state index is 12.4. The summed E-state index contributed by atoms with van der Waals surface area (Å²) in [4.78, 5) is 27.7. The van der Waals surface area contributed by atoms with Crippen LogP contribution in [0.3, 0.4) is 0 Å². The summed E-state index contributed by atoms with van der Waals surface area (Å²) in [5.41, 5.74) is 0.895. The molecular formula is C18H18F3N3O3. The number of rotatable bonds is 6. The topological polar surface area (TPSA) is 80.3 Å². The van der Waals surface area contributed by atoms with E-state index in [1.54, 1.807) is 13.8 Å². The molecule has 0 aliphatic heterocycles. The normalized spacial score (nSPS) is 12.2. The molecule has 0 aliphatic rings. The zero-order chi connectivity index (χ0) is 20.0. The highest BCUT2D eigenvalue weighted by molar-refractivity contribution is 5.96. The van der Waals surface area contributed by atoms with Crippen LogP contribution in [0.2, 0.25) is 0 Å². The molecule has 2 amide bonds. The van der Waals surface area contributed by atoms with Gasteiger partial charge in [0.25, 0.3) is 5.91 Å². The van der Waals surface area contributed by atoms with Crippen molar-refractivity contribution in [1.29, 1.82) is 0 Å². The van der Waals surface area contributed by atoms with Gasteiger partial charge in [-0.05, 0) is 36.8 Å². The van der Waals surface area contributed by atoms with E-state index in [0.717, 1.165) is 0 Å². The molecule has 2 rings (SSSR count). The van der Waals surface area contributed by atoms with E-state index in [-0.39, 0.29) is 23.9 Å². The molecule has 2 aromatic rings. The number of ether oxygens (including phenoxy) is 1. The Morgan fingerprint density at radius 1 is 1.19 bits per heavy atom. The van der Waals surface area contributed by atoms with Gasteiger partial charge in [-0.1, -0.05) is 19.1 Å². The third-order valence-corrected chi connectivity index (χ3v) is 3.57. The molecule has 2 N–H and O–H groups in total. The van der Waals surface area contributed by atoms with Crippen molar-refractivity contribution in [3.05, 3.63) is 53.7 Å². The molecule has 1 unspecified atom stereocenters. The van der Waals surface area contributed by atoms with Gasteiger partial charge in [0.1, 0.15) is 11.6 Å². The Morgan fingerprint density at radius 2 is 1.85 bits per heavy atom. The first-order chi connectivity index (χ1) is 12.7. The second-order valence-electron chi connectivity index (χ2n) is 5.64. The number of anilines is 1. The Kier molecular flexibility index (Phi) is 6.38. The minimum atomic E-state index is -4.76. The second kappa shape index (κ2) is 8.52. The van der Waals surface area contributed by atoms with E-state index >= 15 is 0 Å². The Bertz CT molecular complexity index is 807. The first kappa shape index (κ1) is 20.2. The Hall–Kier alpha value is -3.10. The van der Waals surface area contributed by atoms with Gasteiger partial charge in [0.15, 0.2) is 0 Å². The molecule has 0 radical (unpaired) electrons. The lowest BCUT2D eigenvalue weighted by atomic mass is 10.1. The number of halogens is 3. The third-order valence-electron chi connectivity index (χ3n) is 3.57. The first-order valence-electron chi connectivity index (χ1n) is 8.10. The average molecular weight is 381 g/mol. The highest BCUT2D eigenvalue weighted by Gasteiger charge is 2.31. The van der Waals surface area contributed by atoms with Gasteiger partial charge >= 0.3 is 6.36 Å². The summed E-state index contributed by atoms with van der Waals surface area (Å²) in [5.74, 6) is -0.715. The van der Waals surface area contributed by atoms with Crippen molar-refractivity contribution in [3.63, 3.8) is 0 Å². The van der Waals surface area contributed by atoms with Crippen LogP contribution in [-0.4, -0.2) is 23.2 Å². The van der Waals surface area contributed by atoms with E-state index in [0.29, 0.717) is 11.1 Å². The highest BCUT2D eigenvalue weighted by atomic mass is 19.4.